The molecule has 0 spiro atoms. The molecule has 7 heteroatoms. The van der Waals surface area contributed by atoms with E-state index in [1.807, 2.05) is 0 Å². The first-order valence-corrected chi connectivity index (χ1v) is 3.95. The number of aliphatic hydroxyl groups excluding tert-OH is 2. The van der Waals surface area contributed by atoms with Crippen LogP contribution >= 0.6 is 7.60 Å². The van der Waals surface area contributed by atoms with Gasteiger partial charge in [0.25, 0.3) is 0 Å². The molecule has 0 fully saturated rings. The van der Waals surface area contributed by atoms with Gasteiger partial charge in [-0.3, -0.25) is 4.57 Å². The molecular formula is C3H12NO5P. The zero-order valence-corrected chi connectivity index (χ0v) is 6.40. The summed E-state index contributed by atoms with van der Waals surface area (Å²) in [5.74, 6) is -1.96. The summed E-state index contributed by atoms with van der Waals surface area (Å²) in [5.41, 5.74) is 0. The number of aliphatic hydroxyl groups is 2. The Balaban J connectivity index is 0. The molecule has 0 bridgehead atoms. The lowest BCUT2D eigenvalue weighted by Gasteiger charge is -2.13. The van der Waals surface area contributed by atoms with Gasteiger partial charge in [0, 0.05) is 0 Å². The standard InChI is InChI=1S/C3H9O5P.H3N/c1-2(4)3(5)9(6,7)8;/h2-5H,1H3,(H2,6,7,8);1H3/t2-,3+;/m1./s1. The number of hydrogen-bond acceptors (Lipinski definition) is 4. The fourth-order valence-corrected chi connectivity index (χ4v) is 0.843. The van der Waals surface area contributed by atoms with E-state index >= 15 is 0 Å². The molecule has 6 nitrogen and oxygen atoms in total. The summed E-state index contributed by atoms with van der Waals surface area (Å²) in [7, 11) is -4.51. The summed E-state index contributed by atoms with van der Waals surface area (Å²) in [4.78, 5) is 16.3. The zero-order valence-electron chi connectivity index (χ0n) is 5.51. The Morgan fingerprint density at radius 1 is 1.30 bits per heavy atom. The SMILES string of the molecule is C[C@@H](O)[C@@H](O)P(=O)(O)O.N. The van der Waals surface area contributed by atoms with Crippen LogP contribution in [0.4, 0.5) is 0 Å². The molecule has 0 radical (unpaired) electrons. The van der Waals surface area contributed by atoms with Gasteiger partial charge in [-0.05, 0) is 6.92 Å². The Morgan fingerprint density at radius 3 is 1.60 bits per heavy atom. The van der Waals surface area contributed by atoms with Crippen molar-refractivity contribution < 1.29 is 24.6 Å². The predicted octanol–water partition coefficient (Wildman–Crippen LogP) is -0.975. The van der Waals surface area contributed by atoms with Crippen LogP contribution in [0, 0.1) is 0 Å². The van der Waals surface area contributed by atoms with Gasteiger partial charge in [-0.2, -0.15) is 0 Å². The average molecular weight is 173 g/mol. The van der Waals surface area contributed by atoms with Gasteiger partial charge < -0.3 is 26.2 Å². The third-order valence-corrected chi connectivity index (χ3v) is 1.90. The van der Waals surface area contributed by atoms with Crippen LogP contribution in [0.2, 0.25) is 0 Å². The Morgan fingerprint density at radius 2 is 1.60 bits per heavy atom. The van der Waals surface area contributed by atoms with Gasteiger partial charge in [0.2, 0.25) is 0 Å². The molecule has 0 aromatic rings. The van der Waals surface area contributed by atoms with Crippen LogP contribution in [0.1, 0.15) is 6.92 Å². The highest BCUT2D eigenvalue weighted by Crippen LogP contribution is 2.40. The largest absolute Gasteiger partial charge is 0.390 e. The minimum atomic E-state index is -4.51. The molecule has 0 aliphatic rings. The molecule has 0 amide bonds. The monoisotopic (exact) mass is 173 g/mol. The Hall–Kier alpha value is 0.0300. The predicted molar refractivity (Wildman–Crippen MR) is 34.8 cm³/mol. The first-order chi connectivity index (χ1) is 3.85. The van der Waals surface area contributed by atoms with Crippen molar-refractivity contribution in [3.63, 3.8) is 0 Å². The quantitative estimate of drug-likeness (QED) is 0.341. The van der Waals surface area contributed by atoms with E-state index in [1.165, 1.54) is 0 Å². The molecule has 0 unspecified atom stereocenters. The number of rotatable bonds is 2. The van der Waals surface area contributed by atoms with Crippen molar-refractivity contribution in [2.45, 2.75) is 18.9 Å². The molecule has 0 aromatic carbocycles. The van der Waals surface area contributed by atoms with E-state index in [1.54, 1.807) is 0 Å². The van der Waals surface area contributed by atoms with E-state index in [0.29, 0.717) is 0 Å². The van der Waals surface area contributed by atoms with Crippen molar-refractivity contribution in [2.75, 3.05) is 0 Å². The van der Waals surface area contributed by atoms with Crippen LogP contribution in [-0.2, 0) is 4.57 Å². The Labute approximate surface area is 58.2 Å². The summed E-state index contributed by atoms with van der Waals surface area (Å²) in [6.45, 7) is 1.10. The lowest BCUT2D eigenvalue weighted by molar-refractivity contribution is 0.0641. The summed E-state index contributed by atoms with van der Waals surface area (Å²) >= 11 is 0. The fraction of sp³-hybridized carbons (Fsp3) is 1.00. The number of hydrogen-bond donors (Lipinski definition) is 5. The van der Waals surface area contributed by atoms with Gasteiger partial charge in [-0.1, -0.05) is 0 Å². The van der Waals surface area contributed by atoms with Crippen molar-refractivity contribution in [3.8, 4) is 0 Å². The molecule has 10 heavy (non-hydrogen) atoms. The van der Waals surface area contributed by atoms with Crippen LogP contribution < -0.4 is 6.15 Å². The Bertz CT molecular complexity index is 131. The van der Waals surface area contributed by atoms with Crippen molar-refractivity contribution in [1.29, 1.82) is 0 Å². The van der Waals surface area contributed by atoms with E-state index in [9.17, 15) is 4.57 Å². The molecule has 64 valence electrons. The molecular weight excluding hydrogens is 161 g/mol. The minimum Gasteiger partial charge on any atom is -0.390 e. The summed E-state index contributed by atoms with van der Waals surface area (Å²) in [6.07, 6.45) is -1.40. The highest BCUT2D eigenvalue weighted by Gasteiger charge is 2.30. The fourth-order valence-electron chi connectivity index (χ4n) is 0.281. The van der Waals surface area contributed by atoms with Crippen LogP contribution in [0.3, 0.4) is 0 Å². The first-order valence-electron chi connectivity index (χ1n) is 2.27. The molecule has 7 N–H and O–H groups in total. The van der Waals surface area contributed by atoms with Gasteiger partial charge in [0.05, 0.1) is 6.10 Å². The van der Waals surface area contributed by atoms with E-state index in [0.717, 1.165) is 6.92 Å². The summed E-state index contributed by atoms with van der Waals surface area (Å²) in [6, 6.07) is 0. The lowest BCUT2D eigenvalue weighted by atomic mass is 10.4. The molecule has 2 atom stereocenters. The van der Waals surface area contributed by atoms with Crippen molar-refractivity contribution in [3.05, 3.63) is 0 Å². The second-order valence-corrected chi connectivity index (χ2v) is 3.45. The third kappa shape index (κ3) is 3.94. The van der Waals surface area contributed by atoms with Crippen LogP contribution in [0.25, 0.3) is 0 Å². The normalized spacial score (nSPS) is 17.3. The van der Waals surface area contributed by atoms with E-state index in [2.05, 4.69) is 0 Å². The smallest absolute Gasteiger partial charge is 0.356 e. The van der Waals surface area contributed by atoms with Gasteiger partial charge in [0.1, 0.15) is 0 Å². The minimum absolute atomic E-state index is 0. The van der Waals surface area contributed by atoms with Crippen molar-refractivity contribution in [1.82, 2.24) is 6.15 Å². The Kier molecular flexibility index (Phi) is 5.10. The van der Waals surface area contributed by atoms with Crippen molar-refractivity contribution in [2.24, 2.45) is 0 Å². The highest BCUT2D eigenvalue weighted by molar-refractivity contribution is 7.52. The maximum absolute atomic E-state index is 10.1. The van der Waals surface area contributed by atoms with Gasteiger partial charge >= 0.3 is 7.60 Å². The van der Waals surface area contributed by atoms with Gasteiger partial charge in [-0.15, -0.1) is 0 Å². The second-order valence-electron chi connectivity index (χ2n) is 1.74. The van der Waals surface area contributed by atoms with Crippen LogP contribution in [0.15, 0.2) is 0 Å². The zero-order chi connectivity index (χ0) is 7.65. The highest BCUT2D eigenvalue weighted by atomic mass is 31.2. The maximum Gasteiger partial charge on any atom is 0.356 e. The topological polar surface area (TPSA) is 133 Å². The van der Waals surface area contributed by atoms with E-state index in [4.69, 9.17) is 20.0 Å². The molecule has 0 aliphatic carbocycles. The van der Waals surface area contributed by atoms with Crippen molar-refractivity contribution >= 4 is 7.60 Å². The van der Waals surface area contributed by atoms with E-state index in [-0.39, 0.29) is 6.15 Å². The van der Waals surface area contributed by atoms with Gasteiger partial charge in [-0.25, -0.2) is 0 Å². The molecule has 0 heterocycles. The van der Waals surface area contributed by atoms with Crippen LogP contribution in [0.5, 0.6) is 0 Å². The second kappa shape index (κ2) is 4.02. The summed E-state index contributed by atoms with van der Waals surface area (Å²) in [5, 5.41) is 16.9. The first kappa shape index (κ1) is 12.7. The molecule has 0 saturated carbocycles. The molecule has 0 rings (SSSR count). The molecule has 0 saturated heterocycles. The molecule has 0 aliphatic heterocycles. The third-order valence-electron chi connectivity index (χ3n) is 0.776. The average Bonchev–Trinajstić information content (AvgIpc) is 1.62. The summed E-state index contributed by atoms with van der Waals surface area (Å²) < 4.78 is 10.1. The van der Waals surface area contributed by atoms with Crippen LogP contribution in [-0.4, -0.2) is 31.9 Å². The van der Waals surface area contributed by atoms with Gasteiger partial charge in [0.15, 0.2) is 5.85 Å². The van der Waals surface area contributed by atoms with E-state index < -0.39 is 19.5 Å². The molecule has 0 aromatic heterocycles. The lowest BCUT2D eigenvalue weighted by Crippen LogP contribution is -2.21. The maximum atomic E-state index is 10.1.